The van der Waals surface area contributed by atoms with E-state index in [0.29, 0.717) is 5.76 Å². The van der Waals surface area contributed by atoms with Crippen molar-refractivity contribution in [2.24, 2.45) is 0 Å². The summed E-state index contributed by atoms with van der Waals surface area (Å²) in [6.45, 7) is -0.0186. The number of rotatable bonds is 2. The molecule has 4 heteroatoms. The van der Waals surface area contributed by atoms with Gasteiger partial charge >= 0.3 is 0 Å². The Hall–Kier alpha value is -2.07. The largest absolute Gasteiger partial charge is 0.464 e. The number of aromatic nitrogens is 2. The van der Waals surface area contributed by atoms with Gasteiger partial charge in [-0.15, -0.1) is 0 Å². The van der Waals surface area contributed by atoms with Crippen LogP contribution >= 0.6 is 0 Å². The summed E-state index contributed by atoms with van der Waals surface area (Å²) in [6, 6.07) is 7.64. The molecular formula is C12H10N2O2. The zero-order chi connectivity index (χ0) is 11.0. The molecule has 0 unspecified atom stereocenters. The standard InChI is InChI=1S/C12H10N2O2/c15-7-9-3-4-16-12(9)8-1-2-11-10(5-8)6-13-14-11/h1-6,15H,7H2,(H,13,14). The highest BCUT2D eigenvalue weighted by atomic mass is 16.3. The lowest BCUT2D eigenvalue weighted by atomic mass is 10.1. The molecule has 0 saturated carbocycles. The van der Waals surface area contributed by atoms with Crippen molar-refractivity contribution in [1.29, 1.82) is 0 Å². The second-order valence-corrected chi connectivity index (χ2v) is 3.61. The van der Waals surface area contributed by atoms with Crippen molar-refractivity contribution >= 4 is 10.9 Å². The van der Waals surface area contributed by atoms with Crippen LogP contribution in [0.15, 0.2) is 41.1 Å². The predicted octanol–water partition coefficient (Wildman–Crippen LogP) is 2.32. The molecule has 3 rings (SSSR count). The summed E-state index contributed by atoms with van der Waals surface area (Å²) in [5.74, 6) is 0.714. The van der Waals surface area contributed by atoms with Crippen LogP contribution in [0.4, 0.5) is 0 Å². The van der Waals surface area contributed by atoms with E-state index < -0.39 is 0 Å². The minimum atomic E-state index is -0.0186. The van der Waals surface area contributed by atoms with Gasteiger partial charge in [-0.3, -0.25) is 5.10 Å². The zero-order valence-corrected chi connectivity index (χ0v) is 8.47. The molecule has 2 N–H and O–H groups in total. The smallest absolute Gasteiger partial charge is 0.139 e. The van der Waals surface area contributed by atoms with E-state index in [0.717, 1.165) is 22.0 Å². The van der Waals surface area contributed by atoms with Crippen LogP contribution in [0, 0.1) is 0 Å². The van der Waals surface area contributed by atoms with E-state index in [2.05, 4.69) is 10.2 Å². The van der Waals surface area contributed by atoms with Gasteiger partial charge in [0.1, 0.15) is 5.76 Å². The van der Waals surface area contributed by atoms with Crippen LogP contribution in [-0.4, -0.2) is 15.3 Å². The van der Waals surface area contributed by atoms with Crippen molar-refractivity contribution in [2.45, 2.75) is 6.61 Å². The SMILES string of the molecule is OCc1ccoc1-c1ccc2[nH]ncc2c1. The Morgan fingerprint density at radius 2 is 2.25 bits per heavy atom. The van der Waals surface area contributed by atoms with Crippen molar-refractivity contribution in [3.8, 4) is 11.3 Å². The number of aliphatic hydroxyl groups is 1. The second kappa shape index (κ2) is 3.50. The van der Waals surface area contributed by atoms with E-state index in [-0.39, 0.29) is 6.61 Å². The highest BCUT2D eigenvalue weighted by Gasteiger charge is 2.08. The van der Waals surface area contributed by atoms with E-state index in [9.17, 15) is 0 Å². The molecule has 0 amide bonds. The molecule has 4 nitrogen and oxygen atoms in total. The number of H-pyrrole nitrogens is 1. The maximum atomic E-state index is 9.16. The monoisotopic (exact) mass is 214 g/mol. The zero-order valence-electron chi connectivity index (χ0n) is 8.47. The molecule has 80 valence electrons. The predicted molar refractivity (Wildman–Crippen MR) is 59.7 cm³/mol. The summed E-state index contributed by atoms with van der Waals surface area (Å²) in [5, 5.41) is 17.0. The number of benzene rings is 1. The van der Waals surface area contributed by atoms with Crippen LogP contribution in [0.2, 0.25) is 0 Å². The number of nitrogens with zero attached hydrogens (tertiary/aromatic N) is 1. The molecular weight excluding hydrogens is 204 g/mol. The number of hydrogen-bond acceptors (Lipinski definition) is 3. The summed E-state index contributed by atoms with van der Waals surface area (Å²) >= 11 is 0. The lowest BCUT2D eigenvalue weighted by molar-refractivity contribution is 0.281. The topological polar surface area (TPSA) is 62.1 Å². The number of nitrogens with one attached hydrogen (secondary N) is 1. The van der Waals surface area contributed by atoms with Crippen LogP contribution in [0.25, 0.3) is 22.2 Å². The second-order valence-electron chi connectivity index (χ2n) is 3.61. The molecule has 0 spiro atoms. The first-order valence-electron chi connectivity index (χ1n) is 4.99. The number of hydrogen-bond donors (Lipinski definition) is 2. The maximum Gasteiger partial charge on any atom is 0.139 e. The maximum absolute atomic E-state index is 9.16. The number of aromatic amines is 1. The molecule has 0 atom stereocenters. The molecule has 16 heavy (non-hydrogen) atoms. The Balaban J connectivity index is 2.18. The third-order valence-corrected chi connectivity index (χ3v) is 2.62. The van der Waals surface area contributed by atoms with Gasteiger partial charge in [-0.1, -0.05) is 0 Å². The summed E-state index contributed by atoms with van der Waals surface area (Å²) < 4.78 is 5.38. The van der Waals surface area contributed by atoms with Gasteiger partial charge in [-0.2, -0.15) is 5.10 Å². The van der Waals surface area contributed by atoms with Gasteiger partial charge in [0, 0.05) is 16.5 Å². The fourth-order valence-electron chi connectivity index (χ4n) is 1.80. The van der Waals surface area contributed by atoms with Gasteiger partial charge in [0.2, 0.25) is 0 Å². The summed E-state index contributed by atoms with van der Waals surface area (Å²) in [6.07, 6.45) is 3.35. The minimum Gasteiger partial charge on any atom is -0.464 e. The van der Waals surface area contributed by atoms with Crippen LogP contribution < -0.4 is 0 Å². The first-order valence-corrected chi connectivity index (χ1v) is 4.99. The lowest BCUT2D eigenvalue weighted by Crippen LogP contribution is -1.83. The van der Waals surface area contributed by atoms with Crippen molar-refractivity contribution in [3.05, 3.63) is 42.3 Å². The number of fused-ring (bicyclic) bond motifs is 1. The fourth-order valence-corrected chi connectivity index (χ4v) is 1.80. The molecule has 0 bridgehead atoms. The Labute approximate surface area is 91.5 Å². The van der Waals surface area contributed by atoms with Crippen LogP contribution in [0.1, 0.15) is 5.56 Å². The normalized spacial score (nSPS) is 11.1. The van der Waals surface area contributed by atoms with Crippen molar-refractivity contribution < 1.29 is 9.52 Å². The van der Waals surface area contributed by atoms with E-state index in [1.165, 1.54) is 0 Å². The average molecular weight is 214 g/mol. The Bertz CT molecular complexity index is 625. The highest BCUT2D eigenvalue weighted by Crippen LogP contribution is 2.27. The Morgan fingerprint density at radius 1 is 1.31 bits per heavy atom. The van der Waals surface area contributed by atoms with E-state index >= 15 is 0 Å². The van der Waals surface area contributed by atoms with E-state index in [1.54, 1.807) is 18.5 Å². The molecule has 1 aromatic carbocycles. The first-order chi connectivity index (χ1) is 7.88. The molecule has 0 fully saturated rings. The van der Waals surface area contributed by atoms with Gasteiger partial charge in [0.25, 0.3) is 0 Å². The molecule has 0 aliphatic heterocycles. The summed E-state index contributed by atoms with van der Waals surface area (Å²) in [5.41, 5.74) is 2.73. The molecule has 0 radical (unpaired) electrons. The third-order valence-electron chi connectivity index (χ3n) is 2.62. The number of aliphatic hydroxyl groups excluding tert-OH is 1. The Kier molecular flexibility index (Phi) is 2.01. The quantitative estimate of drug-likeness (QED) is 0.688. The van der Waals surface area contributed by atoms with Gasteiger partial charge in [-0.25, -0.2) is 0 Å². The van der Waals surface area contributed by atoms with Gasteiger partial charge in [-0.05, 0) is 24.3 Å². The van der Waals surface area contributed by atoms with E-state index in [1.807, 2.05) is 18.2 Å². The highest BCUT2D eigenvalue weighted by molar-refractivity contribution is 5.83. The van der Waals surface area contributed by atoms with Crippen molar-refractivity contribution in [2.75, 3.05) is 0 Å². The first kappa shape index (κ1) is 9.18. The van der Waals surface area contributed by atoms with Crippen LogP contribution in [0.3, 0.4) is 0 Å². The van der Waals surface area contributed by atoms with Gasteiger partial charge in [0.15, 0.2) is 0 Å². The molecule has 0 aliphatic carbocycles. The third kappa shape index (κ3) is 1.31. The lowest BCUT2D eigenvalue weighted by Gasteiger charge is -2.00. The minimum absolute atomic E-state index is 0.0186. The molecule has 2 aromatic heterocycles. The van der Waals surface area contributed by atoms with Crippen molar-refractivity contribution in [1.82, 2.24) is 10.2 Å². The summed E-state index contributed by atoms with van der Waals surface area (Å²) in [4.78, 5) is 0. The van der Waals surface area contributed by atoms with Gasteiger partial charge in [0.05, 0.1) is 24.6 Å². The molecule has 0 saturated heterocycles. The van der Waals surface area contributed by atoms with Crippen LogP contribution in [0.5, 0.6) is 0 Å². The van der Waals surface area contributed by atoms with Crippen molar-refractivity contribution in [3.63, 3.8) is 0 Å². The van der Waals surface area contributed by atoms with Crippen LogP contribution in [-0.2, 0) is 6.61 Å². The summed E-state index contributed by atoms with van der Waals surface area (Å²) in [7, 11) is 0. The van der Waals surface area contributed by atoms with Gasteiger partial charge < -0.3 is 9.52 Å². The molecule has 0 aliphatic rings. The Morgan fingerprint density at radius 3 is 3.12 bits per heavy atom. The number of furan rings is 1. The molecule has 2 heterocycles. The van der Waals surface area contributed by atoms with E-state index in [4.69, 9.17) is 9.52 Å². The fraction of sp³-hybridized carbons (Fsp3) is 0.0833. The molecule has 3 aromatic rings. The average Bonchev–Trinajstić information content (AvgIpc) is 2.96.